The fourth-order valence-electron chi connectivity index (χ4n) is 5.82. The van der Waals surface area contributed by atoms with Gasteiger partial charge in [-0.05, 0) is 72.4 Å². The minimum absolute atomic E-state index is 0.155. The van der Waals surface area contributed by atoms with Gasteiger partial charge in [0, 0.05) is 49.1 Å². The van der Waals surface area contributed by atoms with Crippen LogP contribution in [0.5, 0.6) is 5.88 Å². The fourth-order valence-corrected chi connectivity index (χ4v) is 6.01. The van der Waals surface area contributed by atoms with E-state index in [0.717, 1.165) is 66.4 Å². The second kappa shape index (κ2) is 11.2. The highest BCUT2D eigenvalue weighted by atomic mass is 35.5. The third kappa shape index (κ3) is 5.12. The van der Waals surface area contributed by atoms with E-state index in [1.165, 1.54) is 11.1 Å². The summed E-state index contributed by atoms with van der Waals surface area (Å²) in [6.45, 7) is 4.74. The van der Waals surface area contributed by atoms with Crippen LogP contribution in [0, 0.1) is 0 Å². The molecule has 0 saturated carbocycles. The molecule has 4 heterocycles. The first-order valence-corrected chi connectivity index (χ1v) is 13.7. The topological polar surface area (TPSA) is 53.0 Å². The second-order valence-electron chi connectivity index (χ2n) is 10.1. The van der Waals surface area contributed by atoms with Gasteiger partial charge in [-0.15, -0.1) is 0 Å². The van der Waals surface area contributed by atoms with Crippen LogP contribution in [0.15, 0.2) is 78.2 Å². The lowest BCUT2D eigenvalue weighted by molar-refractivity contribution is -0.0785. The molecule has 7 heteroatoms. The molecule has 0 N–H and O–H groups in total. The number of pyridine rings is 1. The van der Waals surface area contributed by atoms with Crippen LogP contribution in [0.1, 0.15) is 36.0 Å². The lowest BCUT2D eigenvalue weighted by Crippen LogP contribution is -2.42. The van der Waals surface area contributed by atoms with Gasteiger partial charge in [0.15, 0.2) is 0 Å². The summed E-state index contributed by atoms with van der Waals surface area (Å²) in [6.07, 6.45) is 15.0. The average molecular weight is 533 g/mol. The molecule has 1 aromatic carbocycles. The molecule has 2 aromatic rings. The van der Waals surface area contributed by atoms with E-state index in [2.05, 4.69) is 46.3 Å². The molecular formula is C31H33ClN2O4. The number of methoxy groups -OCH3 is 1. The Morgan fingerprint density at radius 2 is 2.11 bits per heavy atom. The molecule has 1 atom stereocenters. The van der Waals surface area contributed by atoms with Crippen molar-refractivity contribution in [2.75, 3.05) is 40.0 Å². The van der Waals surface area contributed by atoms with Crippen LogP contribution >= 0.6 is 11.6 Å². The van der Waals surface area contributed by atoms with Gasteiger partial charge in [-0.25, -0.2) is 4.98 Å². The third-order valence-electron chi connectivity index (χ3n) is 7.84. The zero-order chi connectivity index (χ0) is 26.0. The number of fused-ring (bicyclic) bond motifs is 4. The van der Waals surface area contributed by atoms with Crippen molar-refractivity contribution in [1.29, 1.82) is 0 Å². The molecule has 6 nitrogen and oxygen atoms in total. The smallest absolute Gasteiger partial charge is 0.227 e. The van der Waals surface area contributed by atoms with E-state index in [1.807, 2.05) is 24.3 Å². The zero-order valence-corrected chi connectivity index (χ0v) is 22.5. The normalized spacial score (nSPS) is 22.8. The van der Waals surface area contributed by atoms with Gasteiger partial charge in [0.2, 0.25) is 5.88 Å². The molecule has 6 rings (SSSR count). The highest BCUT2D eigenvalue weighted by Gasteiger charge is 2.42. The first-order valence-electron chi connectivity index (χ1n) is 13.3. The number of halogens is 1. The van der Waals surface area contributed by atoms with Crippen LogP contribution in [-0.2, 0) is 26.4 Å². The van der Waals surface area contributed by atoms with Crippen molar-refractivity contribution in [2.45, 2.75) is 37.6 Å². The Morgan fingerprint density at radius 3 is 2.97 bits per heavy atom. The molecular weight excluding hydrogens is 500 g/mol. The van der Waals surface area contributed by atoms with Gasteiger partial charge < -0.3 is 23.8 Å². The summed E-state index contributed by atoms with van der Waals surface area (Å²) in [5.74, 6) is 1.40. The van der Waals surface area contributed by atoms with Crippen LogP contribution in [-0.4, -0.2) is 55.9 Å². The number of allylic oxidation sites excluding steroid dienone is 4. The summed E-state index contributed by atoms with van der Waals surface area (Å²) >= 11 is 6.21. The third-order valence-corrected chi connectivity index (χ3v) is 8.08. The second-order valence-corrected chi connectivity index (χ2v) is 10.6. The molecule has 1 aromatic heterocycles. The van der Waals surface area contributed by atoms with Crippen LogP contribution in [0.4, 0.5) is 0 Å². The summed E-state index contributed by atoms with van der Waals surface area (Å²) in [6, 6.07) is 10.2. The number of ether oxygens (including phenoxy) is 4. The van der Waals surface area contributed by atoms with E-state index in [1.54, 1.807) is 13.3 Å². The quantitative estimate of drug-likeness (QED) is 0.418. The first kappa shape index (κ1) is 25.5. The predicted octanol–water partition coefficient (Wildman–Crippen LogP) is 5.83. The summed E-state index contributed by atoms with van der Waals surface area (Å²) in [5, 5.41) is 0.783. The summed E-state index contributed by atoms with van der Waals surface area (Å²) in [4.78, 5) is 7.07. The van der Waals surface area contributed by atoms with Crippen molar-refractivity contribution < 1.29 is 18.9 Å². The van der Waals surface area contributed by atoms with Crippen molar-refractivity contribution in [3.05, 3.63) is 100.0 Å². The van der Waals surface area contributed by atoms with Crippen LogP contribution in [0.3, 0.4) is 0 Å². The van der Waals surface area contributed by atoms with Gasteiger partial charge in [-0.1, -0.05) is 35.9 Å². The highest BCUT2D eigenvalue weighted by molar-refractivity contribution is 6.30. The number of rotatable bonds is 7. The predicted molar refractivity (Wildman–Crippen MR) is 148 cm³/mol. The van der Waals surface area contributed by atoms with Crippen molar-refractivity contribution in [1.82, 2.24) is 9.88 Å². The molecule has 1 spiro atoms. The van der Waals surface area contributed by atoms with E-state index in [4.69, 9.17) is 30.5 Å². The van der Waals surface area contributed by atoms with Gasteiger partial charge >= 0.3 is 0 Å². The summed E-state index contributed by atoms with van der Waals surface area (Å²) in [7, 11) is 1.68. The summed E-state index contributed by atoms with van der Waals surface area (Å²) in [5.41, 5.74) is 5.52. The minimum Gasteiger partial charge on any atom is -0.438 e. The molecule has 1 aliphatic carbocycles. The van der Waals surface area contributed by atoms with Crippen LogP contribution in [0.2, 0.25) is 5.02 Å². The largest absolute Gasteiger partial charge is 0.438 e. The maximum absolute atomic E-state index is 6.35. The first-order chi connectivity index (χ1) is 18.6. The Kier molecular flexibility index (Phi) is 7.50. The highest BCUT2D eigenvalue weighted by Crippen LogP contribution is 2.45. The van der Waals surface area contributed by atoms with Gasteiger partial charge in [-0.3, -0.25) is 0 Å². The van der Waals surface area contributed by atoms with Crippen molar-refractivity contribution in [3.8, 4) is 5.88 Å². The molecule has 198 valence electrons. The SMILES string of the molecule is COCCOC1C=CC=C2Oc3ncccc3C(=CCCN3CCC4(CC3)OCc3cc(Cl)ccc34)C=C21. The number of likely N-dealkylation sites (tertiary alicyclic amines) is 1. The molecule has 1 saturated heterocycles. The Balaban J connectivity index is 1.16. The fraction of sp³-hybridized carbons (Fsp3) is 0.387. The minimum atomic E-state index is -0.190. The number of aromatic nitrogens is 1. The molecule has 1 unspecified atom stereocenters. The Hall–Kier alpha value is -2.74. The molecule has 1 fully saturated rings. The van der Waals surface area contributed by atoms with Crippen LogP contribution in [0.25, 0.3) is 5.57 Å². The number of nitrogens with zero attached hydrogens (tertiary/aromatic N) is 2. The molecule has 4 aliphatic rings. The molecule has 0 radical (unpaired) electrons. The molecule has 0 bridgehead atoms. The van der Waals surface area contributed by atoms with E-state index >= 15 is 0 Å². The van der Waals surface area contributed by atoms with Gasteiger partial charge in [0.1, 0.15) is 11.9 Å². The number of hydrogen-bond acceptors (Lipinski definition) is 6. The Morgan fingerprint density at radius 1 is 1.21 bits per heavy atom. The van der Waals surface area contributed by atoms with E-state index in [9.17, 15) is 0 Å². The number of hydrogen-bond donors (Lipinski definition) is 0. The lowest BCUT2D eigenvalue weighted by atomic mass is 9.84. The van der Waals surface area contributed by atoms with Crippen LogP contribution < -0.4 is 4.74 Å². The standard InChI is InChI=1S/C31H33ClN2O4/c1-35-17-18-36-28-7-2-8-29-26(28)20-22(25-6-3-13-33-30(25)38-29)5-4-14-34-15-11-31(12-16-34)27-10-9-24(32)19-23(27)21-37-31/h2-3,5-10,13,19-20,28H,4,11-12,14-18,21H2,1H3. The van der Waals surface area contributed by atoms with E-state index < -0.39 is 0 Å². The van der Waals surface area contributed by atoms with Gasteiger partial charge in [0.05, 0.1) is 25.4 Å². The lowest BCUT2D eigenvalue weighted by Gasteiger charge is -2.39. The Labute approximate surface area is 229 Å². The number of benzene rings is 1. The van der Waals surface area contributed by atoms with E-state index in [0.29, 0.717) is 25.7 Å². The van der Waals surface area contributed by atoms with Gasteiger partial charge in [0.25, 0.3) is 0 Å². The zero-order valence-electron chi connectivity index (χ0n) is 21.7. The van der Waals surface area contributed by atoms with Crippen molar-refractivity contribution in [2.24, 2.45) is 0 Å². The Bertz CT molecular complexity index is 1310. The summed E-state index contributed by atoms with van der Waals surface area (Å²) < 4.78 is 23.9. The maximum Gasteiger partial charge on any atom is 0.227 e. The maximum atomic E-state index is 6.35. The molecule has 0 amide bonds. The average Bonchev–Trinajstić information content (AvgIpc) is 3.18. The van der Waals surface area contributed by atoms with Gasteiger partial charge in [-0.2, -0.15) is 0 Å². The van der Waals surface area contributed by atoms with E-state index in [-0.39, 0.29) is 11.7 Å². The monoisotopic (exact) mass is 532 g/mol. The number of piperidine rings is 1. The molecule has 3 aliphatic heterocycles. The van der Waals surface area contributed by atoms with Crippen molar-refractivity contribution >= 4 is 17.2 Å². The molecule has 38 heavy (non-hydrogen) atoms. The van der Waals surface area contributed by atoms with Crippen molar-refractivity contribution in [3.63, 3.8) is 0 Å².